The molecule has 3 rings (SSSR count). The summed E-state index contributed by atoms with van der Waals surface area (Å²) in [7, 11) is 0. The van der Waals surface area contributed by atoms with Crippen LogP contribution < -0.4 is 0 Å². The highest BCUT2D eigenvalue weighted by Crippen LogP contribution is 2.30. The summed E-state index contributed by atoms with van der Waals surface area (Å²) in [5.41, 5.74) is 6.49. The molecule has 0 aliphatic carbocycles. The Morgan fingerprint density at radius 2 is 1.12 bits per heavy atom. The van der Waals surface area contributed by atoms with Crippen LogP contribution in [0.25, 0.3) is 22.3 Å². The van der Waals surface area contributed by atoms with E-state index in [1.54, 1.807) is 0 Å². The van der Waals surface area contributed by atoms with E-state index in [9.17, 15) is 15.3 Å². The van der Waals surface area contributed by atoms with Gasteiger partial charge in [-0.2, -0.15) is 0 Å². The zero-order valence-corrected chi connectivity index (χ0v) is 13.3. The quantitative estimate of drug-likeness (QED) is 0.674. The zero-order valence-electron chi connectivity index (χ0n) is 13.3. The first-order chi connectivity index (χ1) is 11.7. The van der Waals surface area contributed by atoms with Crippen molar-refractivity contribution in [3.8, 4) is 22.3 Å². The zero-order chi connectivity index (χ0) is 16.9. The van der Waals surface area contributed by atoms with Crippen LogP contribution in [-0.4, -0.2) is 15.3 Å². The first-order valence-electron chi connectivity index (χ1n) is 7.89. The number of benzene rings is 3. The molecule has 3 aromatic carbocycles. The van der Waals surface area contributed by atoms with Crippen molar-refractivity contribution < 1.29 is 15.3 Å². The number of rotatable bonds is 5. The Hall–Kier alpha value is -2.46. The van der Waals surface area contributed by atoms with Crippen molar-refractivity contribution in [1.29, 1.82) is 0 Å². The molecule has 24 heavy (non-hydrogen) atoms. The fourth-order valence-corrected chi connectivity index (χ4v) is 2.85. The molecule has 3 nitrogen and oxygen atoms in total. The van der Waals surface area contributed by atoms with Gasteiger partial charge in [0, 0.05) is 0 Å². The Labute approximate surface area is 141 Å². The van der Waals surface area contributed by atoms with E-state index in [1.807, 2.05) is 66.7 Å². The van der Waals surface area contributed by atoms with Gasteiger partial charge in [0.25, 0.3) is 0 Å². The van der Waals surface area contributed by atoms with Crippen molar-refractivity contribution >= 4 is 0 Å². The van der Waals surface area contributed by atoms with Crippen molar-refractivity contribution in [2.24, 2.45) is 0 Å². The molecule has 0 heterocycles. The van der Waals surface area contributed by atoms with Gasteiger partial charge >= 0.3 is 0 Å². The van der Waals surface area contributed by atoms with E-state index in [1.165, 1.54) is 0 Å². The lowest BCUT2D eigenvalue weighted by atomic mass is 9.93. The maximum Gasteiger partial charge on any atom is 0.0687 e. The van der Waals surface area contributed by atoms with Gasteiger partial charge in [0.15, 0.2) is 0 Å². The Bertz CT molecular complexity index is 840. The molecule has 0 aliphatic rings. The normalized spacial score (nSPS) is 10.8. The van der Waals surface area contributed by atoms with E-state index in [0.717, 1.165) is 38.9 Å². The predicted octanol–water partition coefficient (Wildman–Crippen LogP) is 3.50. The summed E-state index contributed by atoms with van der Waals surface area (Å²) in [6.45, 7) is -0.0514. The number of aliphatic hydroxyl groups is 3. The van der Waals surface area contributed by atoms with Gasteiger partial charge in [0.2, 0.25) is 0 Å². The summed E-state index contributed by atoms with van der Waals surface area (Å²) in [6.07, 6.45) is 0. The molecule has 0 saturated carbocycles. The van der Waals surface area contributed by atoms with Crippen LogP contribution in [0.1, 0.15) is 16.7 Å². The summed E-state index contributed by atoms with van der Waals surface area (Å²) in [5, 5.41) is 28.3. The maximum absolute atomic E-state index is 9.67. The lowest BCUT2D eigenvalue weighted by molar-refractivity contribution is 0.281. The second-order valence-electron chi connectivity index (χ2n) is 5.75. The molecule has 0 fully saturated rings. The minimum absolute atomic E-state index is 0.00790. The smallest absolute Gasteiger partial charge is 0.0687 e. The van der Waals surface area contributed by atoms with Crippen molar-refractivity contribution in [2.45, 2.75) is 19.8 Å². The molecule has 3 heteroatoms. The summed E-state index contributed by atoms with van der Waals surface area (Å²) in [5.74, 6) is 0. The third-order valence-corrected chi connectivity index (χ3v) is 4.14. The Balaban J connectivity index is 2.11. The fraction of sp³-hybridized carbons (Fsp3) is 0.143. The molecule has 3 N–H and O–H groups in total. The van der Waals surface area contributed by atoms with E-state index in [-0.39, 0.29) is 19.8 Å². The highest BCUT2D eigenvalue weighted by Gasteiger charge is 2.08. The van der Waals surface area contributed by atoms with Crippen molar-refractivity contribution in [3.05, 3.63) is 83.4 Å². The van der Waals surface area contributed by atoms with Gasteiger partial charge in [-0.15, -0.1) is 0 Å². The molecule has 0 saturated heterocycles. The molecule has 0 bridgehead atoms. The molecule has 0 aliphatic heterocycles. The largest absolute Gasteiger partial charge is 0.392 e. The summed E-state index contributed by atoms with van der Waals surface area (Å²) >= 11 is 0. The first-order valence-corrected chi connectivity index (χ1v) is 7.89. The van der Waals surface area contributed by atoms with Crippen LogP contribution in [0.3, 0.4) is 0 Å². The molecule has 0 spiro atoms. The van der Waals surface area contributed by atoms with E-state index in [0.29, 0.717) is 0 Å². The van der Waals surface area contributed by atoms with Gasteiger partial charge in [-0.25, -0.2) is 0 Å². The minimum Gasteiger partial charge on any atom is -0.392 e. The third-order valence-electron chi connectivity index (χ3n) is 4.14. The first kappa shape index (κ1) is 16.4. The number of aliphatic hydroxyl groups excluding tert-OH is 3. The SMILES string of the molecule is OCc1cccc(-c2ccc(CO)c(-c3cccc(CO)c3)c2)c1. The van der Waals surface area contributed by atoms with E-state index in [2.05, 4.69) is 0 Å². The molecular formula is C21H20O3. The highest BCUT2D eigenvalue weighted by molar-refractivity contribution is 5.76. The molecule has 0 radical (unpaired) electrons. The fourth-order valence-electron chi connectivity index (χ4n) is 2.85. The van der Waals surface area contributed by atoms with E-state index >= 15 is 0 Å². The van der Waals surface area contributed by atoms with Crippen LogP contribution in [0.4, 0.5) is 0 Å². The van der Waals surface area contributed by atoms with Crippen LogP contribution in [0.5, 0.6) is 0 Å². The molecule has 0 aromatic heterocycles. The second-order valence-corrected chi connectivity index (χ2v) is 5.75. The molecule has 122 valence electrons. The average Bonchev–Trinajstić information content (AvgIpc) is 2.67. The van der Waals surface area contributed by atoms with Gasteiger partial charge in [-0.3, -0.25) is 0 Å². The number of hydrogen-bond acceptors (Lipinski definition) is 3. The molecular weight excluding hydrogens is 300 g/mol. The summed E-state index contributed by atoms with van der Waals surface area (Å²) in [6, 6.07) is 21.4. The standard InChI is InChI=1S/C21H20O3/c22-12-15-3-1-5-17(9-15)18-7-8-20(14-24)21(11-18)19-6-2-4-16(10-19)13-23/h1-11,22-24H,12-14H2. The molecule has 0 unspecified atom stereocenters. The molecule has 0 amide bonds. The Morgan fingerprint density at radius 1 is 0.542 bits per heavy atom. The Kier molecular flexibility index (Phi) is 5.06. The second kappa shape index (κ2) is 7.41. The monoisotopic (exact) mass is 320 g/mol. The third kappa shape index (κ3) is 3.39. The number of hydrogen-bond donors (Lipinski definition) is 3. The lowest BCUT2D eigenvalue weighted by Crippen LogP contribution is -1.93. The van der Waals surface area contributed by atoms with Crippen LogP contribution in [-0.2, 0) is 19.8 Å². The Morgan fingerprint density at radius 3 is 1.75 bits per heavy atom. The van der Waals surface area contributed by atoms with Crippen LogP contribution >= 0.6 is 0 Å². The summed E-state index contributed by atoms with van der Waals surface area (Å²) in [4.78, 5) is 0. The van der Waals surface area contributed by atoms with Crippen LogP contribution in [0.15, 0.2) is 66.7 Å². The van der Waals surface area contributed by atoms with E-state index in [4.69, 9.17) is 0 Å². The van der Waals surface area contributed by atoms with Crippen LogP contribution in [0.2, 0.25) is 0 Å². The maximum atomic E-state index is 9.67. The van der Waals surface area contributed by atoms with Gasteiger partial charge in [0.1, 0.15) is 0 Å². The van der Waals surface area contributed by atoms with Crippen LogP contribution in [0, 0.1) is 0 Å². The van der Waals surface area contributed by atoms with Gasteiger partial charge in [-0.1, -0.05) is 48.5 Å². The topological polar surface area (TPSA) is 60.7 Å². The highest BCUT2D eigenvalue weighted by atomic mass is 16.3. The predicted molar refractivity (Wildman–Crippen MR) is 95.1 cm³/mol. The van der Waals surface area contributed by atoms with E-state index < -0.39 is 0 Å². The van der Waals surface area contributed by atoms with Crippen molar-refractivity contribution in [3.63, 3.8) is 0 Å². The van der Waals surface area contributed by atoms with Gasteiger partial charge in [0.05, 0.1) is 19.8 Å². The molecule has 3 aromatic rings. The lowest BCUT2D eigenvalue weighted by Gasteiger charge is -2.12. The van der Waals surface area contributed by atoms with Crippen molar-refractivity contribution in [1.82, 2.24) is 0 Å². The van der Waals surface area contributed by atoms with Gasteiger partial charge < -0.3 is 15.3 Å². The average molecular weight is 320 g/mol. The summed E-state index contributed by atoms with van der Waals surface area (Å²) < 4.78 is 0. The van der Waals surface area contributed by atoms with Crippen molar-refractivity contribution in [2.75, 3.05) is 0 Å². The van der Waals surface area contributed by atoms with Gasteiger partial charge in [-0.05, 0) is 57.1 Å². The molecule has 0 atom stereocenters. The minimum atomic E-state index is -0.0460.